The average molecular weight is 303 g/mol. The van der Waals surface area contributed by atoms with Gasteiger partial charge >= 0.3 is 0 Å². The summed E-state index contributed by atoms with van der Waals surface area (Å²) in [7, 11) is -3.14. The molecule has 6 heteroatoms. The van der Waals surface area contributed by atoms with E-state index in [4.69, 9.17) is 4.74 Å². The number of hydrogen-bond acceptors (Lipinski definition) is 4. The largest absolute Gasteiger partial charge is 0.370 e. The van der Waals surface area contributed by atoms with Gasteiger partial charge in [-0.1, -0.05) is 0 Å². The van der Waals surface area contributed by atoms with Crippen molar-refractivity contribution in [3.63, 3.8) is 0 Å². The van der Waals surface area contributed by atoms with Crippen LogP contribution in [0.3, 0.4) is 0 Å². The molecule has 1 heterocycles. The fourth-order valence-corrected chi connectivity index (χ4v) is 3.91. The molecule has 1 aliphatic carbocycles. The van der Waals surface area contributed by atoms with Gasteiger partial charge < -0.3 is 4.74 Å². The number of hydrogen-bond donors (Lipinski definition) is 0. The number of carbonyl (C=O) groups is 1. The summed E-state index contributed by atoms with van der Waals surface area (Å²) in [5, 5.41) is 0. The van der Waals surface area contributed by atoms with Crippen molar-refractivity contribution in [2.24, 2.45) is 11.8 Å². The van der Waals surface area contributed by atoms with Gasteiger partial charge in [0, 0.05) is 26.1 Å². The smallest absolute Gasteiger partial charge is 0.211 e. The summed E-state index contributed by atoms with van der Waals surface area (Å²) in [6.45, 7) is 3.54. The second-order valence-electron chi connectivity index (χ2n) is 6.01. The maximum Gasteiger partial charge on any atom is 0.211 e. The molecule has 0 radical (unpaired) electrons. The van der Waals surface area contributed by atoms with E-state index in [1.165, 1.54) is 10.6 Å². The number of piperidine rings is 1. The lowest BCUT2D eigenvalue weighted by atomic mass is 9.91. The predicted octanol–water partition coefficient (Wildman–Crippen LogP) is 1.43. The van der Waals surface area contributed by atoms with Crippen LogP contribution in [0.1, 0.15) is 39.0 Å². The molecule has 0 spiro atoms. The van der Waals surface area contributed by atoms with E-state index in [9.17, 15) is 13.2 Å². The van der Waals surface area contributed by atoms with E-state index < -0.39 is 10.0 Å². The number of carbonyl (C=O) groups excluding carboxylic acids is 1. The zero-order chi connectivity index (χ0) is 14.8. The summed E-state index contributed by atoms with van der Waals surface area (Å²) < 4.78 is 30.3. The van der Waals surface area contributed by atoms with Crippen LogP contribution in [0.25, 0.3) is 0 Å². The van der Waals surface area contributed by atoms with Gasteiger partial charge in [0.1, 0.15) is 6.10 Å². The van der Waals surface area contributed by atoms with Crippen molar-refractivity contribution in [2.45, 2.75) is 45.1 Å². The summed E-state index contributed by atoms with van der Waals surface area (Å²) in [6.07, 6.45) is 5.37. The maximum atomic E-state index is 12.3. The Morgan fingerprint density at radius 2 is 2.05 bits per heavy atom. The van der Waals surface area contributed by atoms with Crippen molar-refractivity contribution in [1.82, 2.24) is 4.31 Å². The summed E-state index contributed by atoms with van der Waals surface area (Å²) in [5.41, 5.74) is 0. The Morgan fingerprint density at radius 1 is 1.35 bits per heavy atom. The number of nitrogens with zero attached hydrogens (tertiary/aromatic N) is 1. The van der Waals surface area contributed by atoms with Crippen molar-refractivity contribution < 1.29 is 17.9 Å². The molecule has 2 unspecified atom stereocenters. The highest BCUT2D eigenvalue weighted by atomic mass is 32.2. The van der Waals surface area contributed by atoms with E-state index >= 15 is 0 Å². The van der Waals surface area contributed by atoms with Crippen molar-refractivity contribution in [1.29, 1.82) is 0 Å². The molecule has 0 N–H and O–H groups in total. The van der Waals surface area contributed by atoms with Gasteiger partial charge in [0.2, 0.25) is 10.0 Å². The Kier molecular flexibility index (Phi) is 5.20. The molecule has 0 aromatic carbocycles. The minimum Gasteiger partial charge on any atom is -0.370 e. The van der Waals surface area contributed by atoms with E-state index in [0.717, 1.165) is 25.7 Å². The van der Waals surface area contributed by atoms with Crippen LogP contribution in [0.15, 0.2) is 0 Å². The third-order valence-corrected chi connectivity index (χ3v) is 5.42. The summed E-state index contributed by atoms with van der Waals surface area (Å²) in [4.78, 5) is 12.3. The first-order valence-corrected chi connectivity index (χ1v) is 9.36. The van der Waals surface area contributed by atoms with Crippen LogP contribution in [-0.4, -0.2) is 50.6 Å². The minimum absolute atomic E-state index is 0.146. The number of sulfonamides is 1. The quantitative estimate of drug-likeness (QED) is 0.714. The second-order valence-corrected chi connectivity index (χ2v) is 8.00. The Balaban J connectivity index is 1.90. The molecular weight excluding hydrogens is 278 g/mol. The van der Waals surface area contributed by atoms with Crippen LogP contribution in [0.2, 0.25) is 0 Å². The normalized spacial score (nSPS) is 26.4. The summed E-state index contributed by atoms with van der Waals surface area (Å²) in [5.74, 6) is 0.708. The van der Waals surface area contributed by atoms with Gasteiger partial charge in [-0.25, -0.2) is 12.7 Å². The minimum atomic E-state index is -3.14. The van der Waals surface area contributed by atoms with Gasteiger partial charge in [0.25, 0.3) is 0 Å². The van der Waals surface area contributed by atoms with Crippen LogP contribution in [0.5, 0.6) is 0 Å². The molecule has 0 aromatic rings. The molecule has 1 saturated carbocycles. The highest BCUT2D eigenvalue weighted by molar-refractivity contribution is 7.88. The van der Waals surface area contributed by atoms with E-state index in [1.807, 2.05) is 6.92 Å². The zero-order valence-corrected chi connectivity index (χ0v) is 13.2. The Morgan fingerprint density at radius 3 is 2.60 bits per heavy atom. The molecule has 2 atom stereocenters. The first-order chi connectivity index (χ1) is 9.41. The highest BCUT2D eigenvalue weighted by Crippen LogP contribution is 2.36. The van der Waals surface area contributed by atoms with Crippen molar-refractivity contribution >= 4 is 15.8 Å². The second kappa shape index (κ2) is 6.54. The molecule has 2 fully saturated rings. The molecule has 20 heavy (non-hydrogen) atoms. The molecule has 2 rings (SSSR count). The average Bonchev–Trinajstić information content (AvgIpc) is 3.19. The lowest BCUT2D eigenvalue weighted by molar-refractivity contribution is -0.132. The van der Waals surface area contributed by atoms with E-state index in [1.54, 1.807) is 0 Å². The fourth-order valence-electron chi connectivity index (χ4n) is 2.97. The Labute approximate surface area is 121 Å². The number of ether oxygens (including phenoxy) is 1. The van der Waals surface area contributed by atoms with Gasteiger partial charge in [-0.05, 0) is 44.4 Å². The van der Waals surface area contributed by atoms with Crippen LogP contribution < -0.4 is 0 Å². The first kappa shape index (κ1) is 15.9. The van der Waals surface area contributed by atoms with Gasteiger partial charge in [0.05, 0.1) is 6.26 Å². The standard InChI is InChI=1S/C14H25NO4S/c1-3-19-14(12-6-7-12)13(16)9-11-5-4-8-15(10-11)20(2,17)18/h11-12,14H,3-10H2,1-2H3. The van der Waals surface area contributed by atoms with Gasteiger partial charge in [-0.15, -0.1) is 0 Å². The van der Waals surface area contributed by atoms with E-state index in [2.05, 4.69) is 0 Å². The summed E-state index contributed by atoms with van der Waals surface area (Å²) >= 11 is 0. The van der Waals surface area contributed by atoms with Crippen molar-refractivity contribution in [3.8, 4) is 0 Å². The van der Waals surface area contributed by atoms with Gasteiger partial charge in [-0.3, -0.25) is 4.79 Å². The lowest BCUT2D eigenvalue weighted by Gasteiger charge is -2.31. The Bertz CT molecular complexity index is 444. The van der Waals surface area contributed by atoms with Crippen molar-refractivity contribution in [3.05, 3.63) is 0 Å². The molecule has 2 aliphatic rings. The van der Waals surface area contributed by atoms with Crippen LogP contribution >= 0.6 is 0 Å². The van der Waals surface area contributed by atoms with Crippen LogP contribution in [0, 0.1) is 11.8 Å². The van der Waals surface area contributed by atoms with Crippen LogP contribution in [0.4, 0.5) is 0 Å². The molecule has 0 amide bonds. The first-order valence-electron chi connectivity index (χ1n) is 7.51. The molecule has 5 nitrogen and oxygen atoms in total. The third-order valence-electron chi connectivity index (χ3n) is 4.15. The predicted molar refractivity (Wildman–Crippen MR) is 76.9 cm³/mol. The van der Waals surface area contributed by atoms with E-state index in [0.29, 0.717) is 32.0 Å². The topological polar surface area (TPSA) is 63.7 Å². The zero-order valence-electron chi connectivity index (χ0n) is 12.4. The third kappa shape index (κ3) is 4.27. The molecular formula is C14H25NO4S. The SMILES string of the molecule is CCOC(C(=O)CC1CCCN(S(C)(=O)=O)C1)C1CC1. The van der Waals surface area contributed by atoms with Gasteiger partial charge in [-0.2, -0.15) is 0 Å². The molecule has 1 saturated heterocycles. The molecule has 0 aromatic heterocycles. The molecule has 0 bridgehead atoms. The van der Waals surface area contributed by atoms with E-state index in [-0.39, 0.29) is 17.8 Å². The molecule has 116 valence electrons. The number of Topliss-reactive ketones (excluding diaryl/α,β-unsaturated/α-hetero) is 1. The van der Waals surface area contributed by atoms with Gasteiger partial charge in [0.15, 0.2) is 5.78 Å². The number of rotatable bonds is 7. The highest BCUT2D eigenvalue weighted by Gasteiger charge is 2.38. The summed E-state index contributed by atoms with van der Waals surface area (Å²) in [6, 6.07) is 0. The number of ketones is 1. The molecule has 1 aliphatic heterocycles. The lowest BCUT2D eigenvalue weighted by Crippen LogP contribution is -2.41. The Hall–Kier alpha value is -0.460. The maximum absolute atomic E-state index is 12.3. The van der Waals surface area contributed by atoms with Crippen LogP contribution in [-0.2, 0) is 19.6 Å². The fraction of sp³-hybridized carbons (Fsp3) is 0.929. The monoisotopic (exact) mass is 303 g/mol. The van der Waals surface area contributed by atoms with Crippen molar-refractivity contribution in [2.75, 3.05) is 26.0 Å².